The summed E-state index contributed by atoms with van der Waals surface area (Å²) in [4.78, 5) is 20.2. The summed E-state index contributed by atoms with van der Waals surface area (Å²) in [5, 5.41) is 13.0. The van der Waals surface area contributed by atoms with Crippen LogP contribution < -0.4 is 0 Å². The molecule has 1 aromatic heterocycles. The van der Waals surface area contributed by atoms with Gasteiger partial charge in [-0.3, -0.25) is 9.63 Å². The van der Waals surface area contributed by atoms with Crippen molar-refractivity contribution in [2.45, 2.75) is 19.1 Å². The lowest BCUT2D eigenvalue weighted by Gasteiger charge is -2.25. The van der Waals surface area contributed by atoms with Gasteiger partial charge in [0, 0.05) is 5.56 Å². The zero-order valence-corrected chi connectivity index (χ0v) is 13.0. The fraction of sp³-hybridized carbons (Fsp3) is 0.357. The number of carbonyl (C=O) groups excluding carboxylic acids is 1. The topological polar surface area (TPSA) is 88.7 Å². The maximum absolute atomic E-state index is 14.2. The second-order valence-corrected chi connectivity index (χ2v) is 4.96. The molecule has 0 bridgehead atoms. The number of nitrogens with zero attached hydrogens (tertiary/aromatic N) is 3. The Hall–Kier alpha value is -2.53. The van der Waals surface area contributed by atoms with Crippen molar-refractivity contribution in [3.63, 3.8) is 0 Å². The average molecular weight is 363 g/mol. The number of hydrogen-bond acceptors (Lipinski definition) is 6. The number of amides is 1. The summed E-state index contributed by atoms with van der Waals surface area (Å²) >= 11 is 0. The molecule has 1 amide bonds. The number of carbonyl (C=O) groups is 1. The first-order chi connectivity index (χ1) is 11.7. The average Bonchev–Trinajstić information content (AvgIpc) is 3.05. The van der Waals surface area contributed by atoms with E-state index in [2.05, 4.69) is 14.7 Å². The van der Waals surface area contributed by atoms with E-state index in [1.54, 1.807) is 0 Å². The molecule has 2 rings (SSSR count). The molecule has 0 fully saturated rings. The molecule has 7 nitrogen and oxygen atoms in total. The molecule has 25 heavy (non-hydrogen) atoms. The highest BCUT2D eigenvalue weighted by Gasteiger charge is 2.38. The van der Waals surface area contributed by atoms with Gasteiger partial charge in [0.15, 0.2) is 0 Å². The van der Waals surface area contributed by atoms with Crippen LogP contribution >= 0.6 is 0 Å². The molecule has 0 radical (unpaired) electrons. The zero-order chi connectivity index (χ0) is 18.8. The van der Waals surface area contributed by atoms with Crippen molar-refractivity contribution in [3.05, 3.63) is 35.5 Å². The normalized spacial score (nSPS) is 12.9. The summed E-state index contributed by atoms with van der Waals surface area (Å²) in [6.07, 6.45) is -4.82. The van der Waals surface area contributed by atoms with Crippen LogP contribution in [0.2, 0.25) is 0 Å². The van der Waals surface area contributed by atoms with E-state index in [1.807, 2.05) is 0 Å². The van der Waals surface area contributed by atoms with Gasteiger partial charge in [0.1, 0.15) is 5.82 Å². The molecule has 1 aromatic carbocycles. The van der Waals surface area contributed by atoms with Gasteiger partial charge in [-0.25, -0.2) is 9.45 Å². The quantitative estimate of drug-likeness (QED) is 0.648. The van der Waals surface area contributed by atoms with Gasteiger partial charge >= 0.3 is 12.1 Å². The zero-order valence-electron chi connectivity index (χ0n) is 13.0. The second kappa shape index (κ2) is 7.15. The van der Waals surface area contributed by atoms with Crippen LogP contribution in [0.25, 0.3) is 11.4 Å². The maximum Gasteiger partial charge on any atom is 0.471 e. The summed E-state index contributed by atoms with van der Waals surface area (Å²) in [5.41, 5.74) is -0.502. The smallest absolute Gasteiger partial charge is 0.394 e. The minimum Gasteiger partial charge on any atom is -0.394 e. The van der Waals surface area contributed by atoms with Gasteiger partial charge in [-0.2, -0.15) is 18.2 Å². The summed E-state index contributed by atoms with van der Waals surface area (Å²) in [7, 11) is 1.17. The lowest BCUT2D eigenvalue weighted by Crippen LogP contribution is -2.40. The fourth-order valence-electron chi connectivity index (χ4n) is 1.94. The van der Waals surface area contributed by atoms with Crippen LogP contribution in [0, 0.1) is 5.82 Å². The molecule has 0 aliphatic heterocycles. The number of hydrogen-bond donors (Lipinski definition) is 1. The molecule has 1 unspecified atom stereocenters. The highest BCUT2D eigenvalue weighted by Crippen LogP contribution is 2.29. The first kappa shape index (κ1) is 18.8. The number of alkyl halides is 3. The van der Waals surface area contributed by atoms with Crippen LogP contribution in [0.3, 0.4) is 0 Å². The second-order valence-electron chi connectivity index (χ2n) is 4.96. The fourth-order valence-corrected chi connectivity index (χ4v) is 1.94. The van der Waals surface area contributed by atoms with Crippen LogP contribution in [0.1, 0.15) is 23.2 Å². The van der Waals surface area contributed by atoms with Crippen molar-refractivity contribution in [1.82, 2.24) is 15.2 Å². The van der Waals surface area contributed by atoms with E-state index in [4.69, 9.17) is 9.94 Å². The molecule has 2 aromatic rings. The highest BCUT2D eigenvalue weighted by molar-refractivity contribution is 5.94. The summed E-state index contributed by atoms with van der Waals surface area (Å²) < 4.78 is 55.6. The van der Waals surface area contributed by atoms with E-state index < -0.39 is 47.8 Å². The van der Waals surface area contributed by atoms with Crippen molar-refractivity contribution in [3.8, 4) is 11.4 Å². The van der Waals surface area contributed by atoms with E-state index in [0.29, 0.717) is 0 Å². The molecule has 136 valence electrons. The van der Waals surface area contributed by atoms with E-state index in [9.17, 15) is 22.4 Å². The number of halogens is 4. The van der Waals surface area contributed by atoms with Gasteiger partial charge in [-0.1, -0.05) is 11.2 Å². The SMILES string of the molecule is CON(C(=O)c1ccc(-c2noc(C(F)(F)F)n2)cc1F)C(C)CO. The third kappa shape index (κ3) is 3.94. The predicted octanol–water partition coefficient (Wildman–Crippen LogP) is 2.28. The molecule has 0 spiro atoms. The van der Waals surface area contributed by atoms with E-state index in [0.717, 1.165) is 17.2 Å². The summed E-state index contributed by atoms with van der Waals surface area (Å²) in [5.74, 6) is -3.92. The Kier molecular flexibility index (Phi) is 5.38. The Labute approximate surface area is 138 Å². The summed E-state index contributed by atoms with van der Waals surface area (Å²) in [6, 6.07) is 2.28. The van der Waals surface area contributed by atoms with Gasteiger partial charge in [0.05, 0.1) is 25.3 Å². The molecule has 11 heteroatoms. The minimum atomic E-state index is -4.82. The van der Waals surface area contributed by atoms with Crippen LogP contribution in [0.15, 0.2) is 22.7 Å². The Morgan fingerprint density at radius 3 is 2.60 bits per heavy atom. The lowest BCUT2D eigenvalue weighted by molar-refractivity contribution is -0.159. The Morgan fingerprint density at radius 2 is 2.12 bits per heavy atom. The third-order valence-electron chi connectivity index (χ3n) is 3.19. The van der Waals surface area contributed by atoms with Crippen LogP contribution in [-0.4, -0.2) is 46.0 Å². The number of aliphatic hydroxyl groups is 1. The number of aromatic nitrogens is 2. The van der Waals surface area contributed by atoms with Crippen molar-refractivity contribution in [2.75, 3.05) is 13.7 Å². The van der Waals surface area contributed by atoms with E-state index in [1.165, 1.54) is 20.1 Å². The molecule has 0 saturated carbocycles. The molecular weight excluding hydrogens is 350 g/mol. The Balaban J connectivity index is 2.32. The largest absolute Gasteiger partial charge is 0.471 e. The van der Waals surface area contributed by atoms with Gasteiger partial charge < -0.3 is 9.63 Å². The Bertz CT molecular complexity index is 763. The van der Waals surface area contributed by atoms with Gasteiger partial charge in [0.25, 0.3) is 5.91 Å². The monoisotopic (exact) mass is 363 g/mol. The molecule has 1 heterocycles. The van der Waals surface area contributed by atoms with Gasteiger partial charge in [-0.05, 0) is 19.1 Å². The lowest BCUT2D eigenvalue weighted by atomic mass is 10.1. The number of benzene rings is 1. The molecule has 1 atom stereocenters. The first-order valence-corrected chi connectivity index (χ1v) is 6.88. The van der Waals surface area contributed by atoms with Crippen LogP contribution in [0.4, 0.5) is 17.6 Å². The van der Waals surface area contributed by atoms with E-state index >= 15 is 0 Å². The molecular formula is C14H13F4N3O4. The molecule has 0 aliphatic rings. The molecule has 1 N–H and O–H groups in total. The van der Waals surface area contributed by atoms with Crippen LogP contribution in [0.5, 0.6) is 0 Å². The number of aliphatic hydroxyl groups excluding tert-OH is 1. The van der Waals surface area contributed by atoms with Crippen molar-refractivity contribution in [2.24, 2.45) is 0 Å². The number of hydroxylamine groups is 2. The summed E-state index contributed by atoms with van der Waals surface area (Å²) in [6.45, 7) is 1.06. The van der Waals surface area contributed by atoms with Crippen molar-refractivity contribution >= 4 is 5.91 Å². The van der Waals surface area contributed by atoms with Crippen LogP contribution in [-0.2, 0) is 11.0 Å². The van der Waals surface area contributed by atoms with Gasteiger partial charge in [-0.15, -0.1) is 0 Å². The third-order valence-corrected chi connectivity index (χ3v) is 3.19. The van der Waals surface area contributed by atoms with Gasteiger partial charge in [0.2, 0.25) is 5.82 Å². The number of rotatable bonds is 5. The maximum atomic E-state index is 14.2. The first-order valence-electron chi connectivity index (χ1n) is 6.88. The highest BCUT2D eigenvalue weighted by atomic mass is 19.4. The Morgan fingerprint density at radius 1 is 1.44 bits per heavy atom. The standard InChI is InChI=1S/C14H13F4N3O4/c1-7(6-22)21(24-2)12(23)9-4-3-8(5-10(9)15)11-19-13(25-20-11)14(16,17)18/h3-5,7,22H,6H2,1-2H3. The molecule has 0 aliphatic carbocycles. The molecule has 0 saturated heterocycles. The van der Waals surface area contributed by atoms with E-state index in [-0.39, 0.29) is 5.56 Å². The van der Waals surface area contributed by atoms with Crippen molar-refractivity contribution < 1.29 is 36.8 Å². The minimum absolute atomic E-state index is 0.104. The van der Waals surface area contributed by atoms with Crippen molar-refractivity contribution in [1.29, 1.82) is 0 Å². The predicted molar refractivity (Wildman–Crippen MR) is 74.4 cm³/mol.